The highest BCUT2D eigenvalue weighted by Crippen LogP contribution is 2.40. The second kappa shape index (κ2) is 4.96. The zero-order chi connectivity index (χ0) is 14.4. The van der Waals surface area contributed by atoms with Gasteiger partial charge in [0.15, 0.2) is 17.9 Å². The Morgan fingerprint density at radius 2 is 2.05 bits per heavy atom. The first-order valence-electron chi connectivity index (χ1n) is 6.18. The summed E-state index contributed by atoms with van der Waals surface area (Å²) < 4.78 is 22.2. The Kier molecular flexibility index (Phi) is 3.81. The third-order valence-electron chi connectivity index (χ3n) is 3.42. The lowest BCUT2D eigenvalue weighted by molar-refractivity contribution is -0.225. The van der Waals surface area contributed by atoms with Gasteiger partial charge in [0.05, 0.1) is 0 Å². The van der Waals surface area contributed by atoms with E-state index in [0.29, 0.717) is 0 Å². The van der Waals surface area contributed by atoms with Gasteiger partial charge in [-0.05, 0) is 20.8 Å². The lowest BCUT2D eigenvalue weighted by Crippen LogP contribution is -2.43. The second-order valence-electron chi connectivity index (χ2n) is 5.30. The highest BCUT2D eigenvalue weighted by Gasteiger charge is 2.57. The fourth-order valence-electron chi connectivity index (χ4n) is 2.43. The van der Waals surface area contributed by atoms with Crippen LogP contribution in [0.5, 0.6) is 0 Å². The molecule has 1 N–H and O–H groups in total. The molecular formula is C13H20O6. The molecule has 6 heteroatoms. The van der Waals surface area contributed by atoms with Crippen LogP contribution in [0, 0.1) is 0 Å². The van der Waals surface area contributed by atoms with Crippen LogP contribution in [0.2, 0.25) is 0 Å². The van der Waals surface area contributed by atoms with E-state index < -0.39 is 36.5 Å². The van der Waals surface area contributed by atoms with Crippen molar-refractivity contribution >= 4 is 5.78 Å². The number of methoxy groups -OCH3 is 1. The van der Waals surface area contributed by atoms with Crippen molar-refractivity contribution in [2.24, 2.45) is 0 Å². The minimum absolute atomic E-state index is 0.0892. The third kappa shape index (κ3) is 2.59. The van der Waals surface area contributed by atoms with E-state index in [2.05, 4.69) is 6.58 Å². The summed E-state index contributed by atoms with van der Waals surface area (Å²) in [6.07, 6.45) is -3.42. The molecule has 0 spiro atoms. The Hall–Kier alpha value is -0.790. The summed E-state index contributed by atoms with van der Waals surface area (Å²) in [6, 6.07) is 0. The zero-order valence-electron chi connectivity index (χ0n) is 11.6. The van der Waals surface area contributed by atoms with Crippen LogP contribution in [0.3, 0.4) is 0 Å². The molecule has 0 aromatic heterocycles. The van der Waals surface area contributed by atoms with E-state index in [-0.39, 0.29) is 11.4 Å². The Balaban J connectivity index is 2.13. The number of carbonyl (C=O) groups is 1. The number of hydrogen-bond donors (Lipinski definition) is 1. The van der Waals surface area contributed by atoms with E-state index in [0.717, 1.165) is 0 Å². The van der Waals surface area contributed by atoms with Crippen LogP contribution in [0.4, 0.5) is 0 Å². The van der Waals surface area contributed by atoms with E-state index in [1.807, 2.05) is 0 Å². The van der Waals surface area contributed by atoms with E-state index in [9.17, 15) is 9.90 Å². The van der Waals surface area contributed by atoms with E-state index >= 15 is 0 Å². The van der Waals surface area contributed by atoms with Gasteiger partial charge in [0.2, 0.25) is 0 Å². The predicted octanol–water partition coefficient (Wildman–Crippen LogP) is 0.384. The average molecular weight is 272 g/mol. The van der Waals surface area contributed by atoms with Crippen LogP contribution < -0.4 is 0 Å². The van der Waals surface area contributed by atoms with Crippen molar-refractivity contribution in [3.8, 4) is 0 Å². The van der Waals surface area contributed by atoms with Crippen LogP contribution in [0.25, 0.3) is 0 Å². The Morgan fingerprint density at radius 3 is 2.58 bits per heavy atom. The molecule has 2 aliphatic heterocycles. The monoisotopic (exact) mass is 272 g/mol. The van der Waals surface area contributed by atoms with Gasteiger partial charge in [-0.2, -0.15) is 0 Å². The topological polar surface area (TPSA) is 74.2 Å². The Labute approximate surface area is 112 Å². The molecule has 2 heterocycles. The standard InChI is InChI=1S/C13H20O6/c1-6(7(2)14)8(15)9-10(16-5)11-12(17-9)19-13(3,4)18-11/h8-12,15H,1H2,2-5H3/t8?,9-,10+,11-,12-/m1/s1. The van der Waals surface area contributed by atoms with E-state index in [1.54, 1.807) is 13.8 Å². The van der Waals surface area contributed by atoms with Gasteiger partial charge in [-0.25, -0.2) is 0 Å². The number of aliphatic hydroxyl groups is 1. The molecule has 108 valence electrons. The molecule has 2 rings (SSSR count). The molecule has 0 saturated carbocycles. The van der Waals surface area contributed by atoms with Gasteiger partial charge in [-0.1, -0.05) is 6.58 Å². The number of aliphatic hydroxyl groups excluding tert-OH is 1. The molecule has 2 aliphatic rings. The Morgan fingerprint density at radius 1 is 1.42 bits per heavy atom. The SMILES string of the molecule is C=C(C(C)=O)C(O)[C@H]1O[C@@H]2OC(C)(C)O[C@@H]2[C@H]1OC. The molecule has 5 atom stereocenters. The summed E-state index contributed by atoms with van der Waals surface area (Å²) in [6.45, 7) is 8.48. The third-order valence-corrected chi connectivity index (χ3v) is 3.42. The maximum atomic E-state index is 11.3. The predicted molar refractivity (Wildman–Crippen MR) is 65.3 cm³/mol. The van der Waals surface area contributed by atoms with Crippen molar-refractivity contribution in [3.63, 3.8) is 0 Å². The number of ether oxygens (including phenoxy) is 4. The van der Waals surface area contributed by atoms with Crippen molar-refractivity contribution in [2.45, 2.75) is 57.3 Å². The molecule has 19 heavy (non-hydrogen) atoms. The smallest absolute Gasteiger partial charge is 0.190 e. The van der Waals surface area contributed by atoms with Crippen LogP contribution in [0.1, 0.15) is 20.8 Å². The molecule has 1 unspecified atom stereocenters. The molecule has 6 nitrogen and oxygen atoms in total. The lowest BCUT2D eigenvalue weighted by Gasteiger charge is -2.28. The normalized spacial score (nSPS) is 37.9. The van der Waals surface area contributed by atoms with E-state index in [1.165, 1.54) is 14.0 Å². The first kappa shape index (κ1) is 14.6. The maximum absolute atomic E-state index is 11.3. The zero-order valence-corrected chi connectivity index (χ0v) is 11.6. The summed E-state index contributed by atoms with van der Waals surface area (Å²) in [7, 11) is 1.50. The first-order chi connectivity index (χ1) is 8.76. The lowest BCUT2D eigenvalue weighted by atomic mass is 9.98. The van der Waals surface area contributed by atoms with Gasteiger partial charge in [0.1, 0.15) is 24.4 Å². The maximum Gasteiger partial charge on any atom is 0.190 e. The first-order valence-corrected chi connectivity index (χ1v) is 6.18. The minimum Gasteiger partial charge on any atom is -0.385 e. The summed E-state index contributed by atoms with van der Waals surface area (Å²) in [4.78, 5) is 11.3. The fraction of sp³-hybridized carbons (Fsp3) is 0.769. The summed E-state index contributed by atoms with van der Waals surface area (Å²) in [5, 5.41) is 10.1. The number of hydrogen-bond acceptors (Lipinski definition) is 6. The van der Waals surface area contributed by atoms with Crippen LogP contribution >= 0.6 is 0 Å². The summed E-state index contributed by atoms with van der Waals surface area (Å²) in [5.74, 6) is -1.04. The molecule has 0 aliphatic carbocycles. The molecule has 2 saturated heterocycles. The van der Waals surface area contributed by atoms with Crippen LogP contribution in [0.15, 0.2) is 12.2 Å². The number of Topliss-reactive ketones (excluding diaryl/α,β-unsaturated/α-hetero) is 1. The van der Waals surface area contributed by atoms with Crippen molar-refractivity contribution in [3.05, 3.63) is 12.2 Å². The molecule has 2 fully saturated rings. The second-order valence-corrected chi connectivity index (χ2v) is 5.30. The highest BCUT2D eigenvalue weighted by atomic mass is 16.8. The number of ketones is 1. The Bertz CT molecular complexity index is 391. The molecule has 0 amide bonds. The van der Waals surface area contributed by atoms with Crippen molar-refractivity contribution in [1.82, 2.24) is 0 Å². The number of carbonyl (C=O) groups excluding carboxylic acids is 1. The quantitative estimate of drug-likeness (QED) is 0.746. The summed E-state index contributed by atoms with van der Waals surface area (Å²) in [5.41, 5.74) is 0.0892. The molecule has 0 radical (unpaired) electrons. The summed E-state index contributed by atoms with van der Waals surface area (Å²) >= 11 is 0. The highest BCUT2D eigenvalue weighted by molar-refractivity contribution is 5.93. The molecule has 0 aromatic carbocycles. The van der Waals surface area contributed by atoms with Crippen molar-refractivity contribution in [2.75, 3.05) is 7.11 Å². The van der Waals surface area contributed by atoms with Gasteiger partial charge < -0.3 is 24.1 Å². The van der Waals surface area contributed by atoms with Crippen molar-refractivity contribution in [1.29, 1.82) is 0 Å². The minimum atomic E-state index is -1.14. The largest absolute Gasteiger partial charge is 0.385 e. The molecular weight excluding hydrogens is 252 g/mol. The van der Waals surface area contributed by atoms with Gasteiger partial charge in [-0.15, -0.1) is 0 Å². The number of fused-ring (bicyclic) bond motifs is 1. The van der Waals surface area contributed by atoms with Crippen LogP contribution in [-0.2, 0) is 23.7 Å². The average Bonchev–Trinajstić information content (AvgIpc) is 2.78. The molecule has 0 aromatic rings. The molecule has 0 bridgehead atoms. The number of rotatable bonds is 4. The van der Waals surface area contributed by atoms with E-state index in [4.69, 9.17) is 18.9 Å². The van der Waals surface area contributed by atoms with Gasteiger partial charge in [-0.3, -0.25) is 4.79 Å². The van der Waals surface area contributed by atoms with Gasteiger partial charge >= 0.3 is 0 Å². The van der Waals surface area contributed by atoms with Gasteiger partial charge in [0.25, 0.3) is 0 Å². The van der Waals surface area contributed by atoms with Gasteiger partial charge in [0, 0.05) is 12.7 Å². The van der Waals surface area contributed by atoms with Crippen molar-refractivity contribution < 1.29 is 28.8 Å². The van der Waals surface area contributed by atoms with Crippen LogP contribution in [-0.4, -0.2) is 54.5 Å². The fourth-order valence-corrected chi connectivity index (χ4v) is 2.43.